The van der Waals surface area contributed by atoms with Crippen LogP contribution >= 0.6 is 0 Å². The molecule has 22 heteroatoms. The molecule has 9 aromatic heterocycles. The Morgan fingerprint density at radius 1 is 0.364 bits per heavy atom. The molecule has 0 aliphatic rings. The second-order valence-electron chi connectivity index (χ2n) is 33.4. The van der Waals surface area contributed by atoms with Crippen molar-refractivity contribution in [2.45, 2.75) is 407 Å². The third-order valence-corrected chi connectivity index (χ3v) is 15.3. The van der Waals surface area contributed by atoms with Crippen molar-refractivity contribution < 1.29 is 8.94 Å². The van der Waals surface area contributed by atoms with Crippen LogP contribution in [0.1, 0.15) is 467 Å². The van der Waals surface area contributed by atoms with Crippen LogP contribution in [-0.2, 0) is 14.1 Å². The van der Waals surface area contributed by atoms with E-state index in [4.69, 9.17) is 8.94 Å². The molecule has 9 heterocycles. The highest BCUT2D eigenvalue weighted by Crippen LogP contribution is 2.26. The normalized spacial score (nSPS) is 10.9. The number of nitrogens with zero attached hydrogens (tertiary/aromatic N) is 20. The minimum Gasteiger partial charge on any atom is -0.425 e. The molecular weight excluding hydrogens is 1370 g/mol. The molecule has 0 unspecified atom stereocenters. The van der Waals surface area contributed by atoms with Crippen molar-refractivity contribution >= 4 is 0 Å². The van der Waals surface area contributed by atoms with Crippen LogP contribution in [0.4, 0.5) is 0 Å². The van der Waals surface area contributed by atoms with Gasteiger partial charge < -0.3 is 22.6 Å². The minimum atomic E-state index is 0.329. The number of aryl methyl sites for hydroxylation is 3. The standard InChI is InChI=1S/C11H20N2.C10H18N2.C9H17N3.2C9H16N2.2C8H14N2O.C7H12N2.C5H9N3.2C4H10.2C2H6/c1-7(2)11-9(5)12-13(8(3)4)10(11)6;1-7(2)9-6-12(5)10(11-9)8(3)4;1-6(2)8-10-11-9(7(3)4)12(8)5;2*1-7(2)9-5-6-11(10-9)8(3)4;1-5(2)7-9-10-8(11-7)6(3)4;1-5(2)7-9-8(6(3)4)11-10-7;1-6(2)9-5-4-8-7(9)3;1-5(2)8-4-3-6-7-8;2*1-4(2)3;2*1-2/h7-8H,1-6H3;6-8H,1-5H3;6-7H,1-5H3;2*5-8H,1-4H3;2*5-6H,1-4H3;4-6H,1-3H3;3-5H,1-2H3;2*4H,1-3H3;2*1-2H3. The first-order valence-electron chi connectivity index (χ1n) is 41.5. The molecule has 0 aliphatic heterocycles. The van der Waals surface area contributed by atoms with E-state index in [2.05, 4.69) is 345 Å². The average Bonchev–Trinajstić information content (AvgIpc) is 1.68. The van der Waals surface area contributed by atoms with E-state index in [1.165, 1.54) is 39.9 Å². The van der Waals surface area contributed by atoms with Gasteiger partial charge >= 0.3 is 0 Å². The van der Waals surface area contributed by atoms with Gasteiger partial charge in [0.05, 0.1) is 29.0 Å². The first-order valence-corrected chi connectivity index (χ1v) is 41.5. The summed E-state index contributed by atoms with van der Waals surface area (Å²) in [5.74, 6) is 14.0. The zero-order valence-corrected chi connectivity index (χ0v) is 79.3. The van der Waals surface area contributed by atoms with Crippen LogP contribution in [0.25, 0.3) is 0 Å². The van der Waals surface area contributed by atoms with Crippen molar-refractivity contribution in [3.8, 4) is 0 Å². The van der Waals surface area contributed by atoms with Crippen LogP contribution < -0.4 is 0 Å². The third-order valence-electron chi connectivity index (χ3n) is 15.3. The molecule has 110 heavy (non-hydrogen) atoms. The highest BCUT2D eigenvalue weighted by molar-refractivity contribution is 5.28. The summed E-state index contributed by atoms with van der Waals surface area (Å²) in [6, 6.07) is 6.55. The van der Waals surface area contributed by atoms with E-state index in [9.17, 15) is 0 Å². The Morgan fingerprint density at radius 3 is 0.945 bits per heavy atom. The van der Waals surface area contributed by atoms with Gasteiger partial charge in [0.25, 0.3) is 0 Å². The molecule has 0 atom stereocenters. The van der Waals surface area contributed by atoms with Crippen molar-refractivity contribution in [1.82, 2.24) is 98.5 Å². The molecule has 0 aliphatic carbocycles. The zero-order chi connectivity index (χ0) is 86.5. The summed E-state index contributed by atoms with van der Waals surface area (Å²) in [7, 11) is 4.10. The highest BCUT2D eigenvalue weighted by Gasteiger charge is 2.18. The first-order chi connectivity index (χ1) is 50.9. The van der Waals surface area contributed by atoms with E-state index >= 15 is 0 Å². The van der Waals surface area contributed by atoms with Crippen molar-refractivity contribution in [2.24, 2.45) is 25.9 Å². The van der Waals surface area contributed by atoms with Gasteiger partial charge in [-0.25, -0.2) is 9.97 Å². The summed E-state index contributed by atoms with van der Waals surface area (Å²) in [6.07, 6.45) is 13.6. The lowest BCUT2D eigenvalue weighted by molar-refractivity contribution is 0.359. The monoisotopic (exact) mass is 1540 g/mol. The molecule has 0 fully saturated rings. The van der Waals surface area contributed by atoms with E-state index < -0.39 is 0 Å². The van der Waals surface area contributed by atoms with Gasteiger partial charge in [-0.05, 0) is 143 Å². The first kappa shape index (κ1) is 109. The lowest BCUT2D eigenvalue weighted by atomic mass is 10.0. The Bertz CT molecular complexity index is 3280. The zero-order valence-electron chi connectivity index (χ0n) is 79.3. The Morgan fingerprint density at radius 2 is 0.764 bits per heavy atom. The van der Waals surface area contributed by atoms with Crippen LogP contribution in [-0.4, -0.2) is 98.5 Å². The minimum absolute atomic E-state index is 0.329. The van der Waals surface area contributed by atoms with Gasteiger partial charge in [-0.15, -0.1) is 25.5 Å². The van der Waals surface area contributed by atoms with Gasteiger partial charge in [-0.2, -0.15) is 20.3 Å². The molecule has 0 aromatic carbocycles. The summed E-state index contributed by atoms with van der Waals surface area (Å²) in [5, 5.41) is 40.8. The van der Waals surface area contributed by atoms with Crippen LogP contribution in [0.3, 0.4) is 0 Å². The SMILES string of the molecule is CC.CC.CC(C)C.CC(C)C.CC(C)c1ccn(C(C)C)n1.CC(C)c1ccn(C(C)C)n1.CC(C)c1cn(C)c(C(C)C)n1.CC(C)c1nnc(C(C)C)n1C.CC(C)c1nnc(C(C)C)o1.CC(C)c1noc(C(C)C)n1.CC(C)n1ccnn1.Cc1nccn1C(C)C.Cc1nn(C(C)C)c(C)c1C(C)C. The molecule has 0 N–H and O–H groups in total. The molecule has 632 valence electrons. The van der Waals surface area contributed by atoms with Gasteiger partial charge in [0, 0.05) is 129 Å². The predicted molar refractivity (Wildman–Crippen MR) is 467 cm³/mol. The smallest absolute Gasteiger partial charge is 0.229 e. The summed E-state index contributed by atoms with van der Waals surface area (Å²) >= 11 is 0. The molecule has 0 radical (unpaired) electrons. The summed E-state index contributed by atoms with van der Waals surface area (Å²) in [6.45, 7) is 95.2. The third kappa shape index (κ3) is 44.0. The fourth-order valence-corrected chi connectivity index (χ4v) is 9.44. The van der Waals surface area contributed by atoms with E-state index in [1.54, 1.807) is 10.9 Å². The van der Waals surface area contributed by atoms with Gasteiger partial charge in [-0.3, -0.25) is 18.7 Å². The summed E-state index contributed by atoms with van der Waals surface area (Å²) in [4.78, 5) is 12.9. The second kappa shape index (κ2) is 57.6. The Kier molecular flexibility index (Phi) is 57.1. The lowest BCUT2D eigenvalue weighted by Gasteiger charge is -2.09. The van der Waals surface area contributed by atoms with Crippen LogP contribution in [0, 0.1) is 32.6 Å². The number of hydrogen-bond acceptors (Lipinski definition) is 15. The summed E-state index contributed by atoms with van der Waals surface area (Å²) < 4.78 is 24.7. The maximum absolute atomic E-state index is 5.38. The molecule has 22 nitrogen and oxygen atoms in total. The second-order valence-corrected chi connectivity index (χ2v) is 33.4. The van der Waals surface area contributed by atoms with Crippen LogP contribution in [0.2, 0.25) is 0 Å². The maximum Gasteiger partial charge on any atom is 0.229 e. The average molecular weight is 1540 g/mol. The number of imidazole rings is 2. The number of hydrogen-bond donors (Lipinski definition) is 0. The number of rotatable bonds is 16. The van der Waals surface area contributed by atoms with Gasteiger partial charge in [0.15, 0.2) is 5.82 Å². The van der Waals surface area contributed by atoms with E-state index in [0.717, 1.165) is 52.8 Å². The fourth-order valence-electron chi connectivity index (χ4n) is 9.44. The Labute approximate surface area is 673 Å². The molecule has 0 saturated heterocycles. The molecular formula is C88H168N20O2. The number of aromatic nitrogens is 20. The van der Waals surface area contributed by atoms with Gasteiger partial charge in [0.2, 0.25) is 17.7 Å². The molecule has 9 aromatic rings. The lowest BCUT2D eigenvalue weighted by Crippen LogP contribution is -2.05. The molecule has 0 spiro atoms. The topological polar surface area (TPSA) is 228 Å². The highest BCUT2D eigenvalue weighted by atomic mass is 16.5. The van der Waals surface area contributed by atoms with Crippen molar-refractivity contribution in [3.63, 3.8) is 0 Å². The molecule has 0 bridgehead atoms. The maximum atomic E-state index is 5.38. The Balaban J connectivity index is -0.000000565. The fraction of sp³-hybridized carbons (Fsp3) is 0.739. The van der Waals surface area contributed by atoms with Gasteiger partial charge in [-0.1, -0.05) is 232 Å². The van der Waals surface area contributed by atoms with Crippen molar-refractivity contribution in [1.29, 1.82) is 0 Å². The van der Waals surface area contributed by atoms with Gasteiger partial charge in [0.1, 0.15) is 23.3 Å². The Hall–Kier alpha value is -7.39. The molecule has 9 rings (SSSR count). The van der Waals surface area contributed by atoms with Crippen LogP contribution in [0.5, 0.6) is 0 Å². The van der Waals surface area contributed by atoms with Crippen molar-refractivity contribution in [2.75, 3.05) is 0 Å². The molecule has 0 amide bonds. The molecule has 0 saturated carbocycles. The quantitative estimate of drug-likeness (QED) is 0.0876. The summed E-state index contributed by atoms with van der Waals surface area (Å²) in [5.41, 5.74) is 7.47. The largest absolute Gasteiger partial charge is 0.425 e. The van der Waals surface area contributed by atoms with E-state index in [1.807, 2.05) is 124 Å². The predicted octanol–water partition coefficient (Wildman–Crippen LogP) is 25.7. The van der Waals surface area contributed by atoms with Crippen molar-refractivity contribution in [3.05, 3.63) is 136 Å². The van der Waals surface area contributed by atoms with Crippen LogP contribution in [0.15, 0.2) is 64.5 Å². The van der Waals surface area contributed by atoms with E-state index in [0.29, 0.717) is 95.3 Å². The van der Waals surface area contributed by atoms with E-state index in [-0.39, 0.29) is 0 Å².